The summed E-state index contributed by atoms with van der Waals surface area (Å²) in [6.45, 7) is 6.85. The Morgan fingerprint density at radius 1 is 1.23 bits per heavy atom. The molecule has 3 N–H and O–H groups in total. The van der Waals surface area contributed by atoms with Gasteiger partial charge in [-0.1, -0.05) is 18.5 Å². The molecule has 1 saturated carbocycles. The third-order valence-corrected chi connectivity index (χ3v) is 7.22. The number of amides is 2. The van der Waals surface area contributed by atoms with Crippen LogP contribution in [0.25, 0.3) is 0 Å². The van der Waals surface area contributed by atoms with Gasteiger partial charge in [0.15, 0.2) is 5.15 Å². The fourth-order valence-electron chi connectivity index (χ4n) is 5.16. The van der Waals surface area contributed by atoms with Gasteiger partial charge in [0.25, 0.3) is 5.91 Å². The van der Waals surface area contributed by atoms with Crippen molar-refractivity contribution in [2.75, 3.05) is 44.7 Å². The summed E-state index contributed by atoms with van der Waals surface area (Å²) < 4.78 is 0. The molecule has 170 valence electrons. The number of pyridine rings is 1. The monoisotopic (exact) mass is 448 g/mol. The molecule has 2 saturated heterocycles. The lowest BCUT2D eigenvalue weighted by Crippen LogP contribution is -2.65. The normalized spacial score (nSPS) is 29.3. The number of anilines is 1. The van der Waals surface area contributed by atoms with Gasteiger partial charge in [0.05, 0.1) is 11.7 Å². The van der Waals surface area contributed by atoms with Crippen molar-refractivity contribution in [3.8, 4) is 0 Å². The van der Waals surface area contributed by atoms with Gasteiger partial charge < -0.3 is 20.9 Å². The predicted octanol–water partition coefficient (Wildman–Crippen LogP) is 1.25. The second-order valence-electron chi connectivity index (χ2n) is 8.90. The number of piperazine rings is 2. The first-order valence-corrected chi connectivity index (χ1v) is 11.8. The van der Waals surface area contributed by atoms with Crippen LogP contribution in [-0.4, -0.2) is 79.6 Å². The Bertz CT molecular complexity index is 813. The molecule has 4 atom stereocenters. The highest BCUT2D eigenvalue weighted by atomic mass is 35.5. The number of hydrogen-bond acceptors (Lipinski definition) is 6. The zero-order valence-corrected chi connectivity index (χ0v) is 19.1. The van der Waals surface area contributed by atoms with Crippen molar-refractivity contribution in [1.82, 2.24) is 25.8 Å². The number of fused-ring (bicyclic) bond motifs is 1. The second kappa shape index (κ2) is 9.71. The Morgan fingerprint density at radius 3 is 2.68 bits per heavy atom. The van der Waals surface area contributed by atoms with Gasteiger partial charge in [-0.2, -0.15) is 0 Å². The smallest absolute Gasteiger partial charge is 0.269 e. The quantitative estimate of drug-likeness (QED) is 0.587. The maximum absolute atomic E-state index is 12.2. The molecular weight excluding hydrogens is 416 g/mol. The molecule has 4 unspecified atom stereocenters. The van der Waals surface area contributed by atoms with E-state index in [-0.39, 0.29) is 23.9 Å². The van der Waals surface area contributed by atoms with E-state index in [9.17, 15) is 9.59 Å². The minimum absolute atomic E-state index is 0.0300. The van der Waals surface area contributed by atoms with E-state index in [1.807, 2.05) is 6.07 Å². The van der Waals surface area contributed by atoms with Gasteiger partial charge in [-0.25, -0.2) is 4.98 Å². The zero-order valence-electron chi connectivity index (χ0n) is 18.4. The molecule has 3 heterocycles. The van der Waals surface area contributed by atoms with E-state index >= 15 is 0 Å². The second-order valence-corrected chi connectivity index (χ2v) is 9.26. The minimum atomic E-state index is -0.234. The van der Waals surface area contributed by atoms with Gasteiger partial charge in [-0.3, -0.25) is 14.5 Å². The summed E-state index contributed by atoms with van der Waals surface area (Å²) in [5, 5.41) is 9.75. The molecule has 0 bridgehead atoms. The highest BCUT2D eigenvalue weighted by Crippen LogP contribution is 2.29. The first-order valence-electron chi connectivity index (χ1n) is 11.4. The van der Waals surface area contributed by atoms with Crippen molar-refractivity contribution in [1.29, 1.82) is 0 Å². The molecule has 1 aliphatic carbocycles. The molecule has 2 aliphatic heterocycles. The van der Waals surface area contributed by atoms with E-state index in [2.05, 4.69) is 37.7 Å². The lowest BCUT2D eigenvalue weighted by molar-refractivity contribution is -0.127. The largest absolute Gasteiger partial charge is 0.366 e. The summed E-state index contributed by atoms with van der Waals surface area (Å²) in [6, 6.07) is 4.26. The van der Waals surface area contributed by atoms with Gasteiger partial charge in [-0.05, 0) is 43.7 Å². The van der Waals surface area contributed by atoms with Crippen molar-refractivity contribution in [3.63, 3.8) is 0 Å². The molecule has 1 aromatic rings. The number of carbonyl (C=O) groups excluding carboxylic acids is 2. The minimum Gasteiger partial charge on any atom is -0.366 e. The van der Waals surface area contributed by atoms with E-state index < -0.39 is 0 Å². The third-order valence-electron chi connectivity index (χ3n) is 6.94. The SMILES string of the molecule is CCC1NC2CCC(CN3CCN(c4ccc(C(=O)NC)nc4Cl)CC3)CC2NC1=O. The number of rotatable bonds is 5. The highest BCUT2D eigenvalue weighted by Gasteiger charge is 2.38. The van der Waals surface area contributed by atoms with Crippen LogP contribution in [0.5, 0.6) is 0 Å². The number of halogens is 1. The fourth-order valence-corrected chi connectivity index (χ4v) is 5.43. The van der Waals surface area contributed by atoms with Crippen LogP contribution in [0.1, 0.15) is 43.1 Å². The Hall–Kier alpha value is -1.90. The van der Waals surface area contributed by atoms with E-state index in [1.54, 1.807) is 13.1 Å². The molecule has 1 aromatic heterocycles. The Kier molecular flexibility index (Phi) is 6.99. The molecule has 0 aromatic carbocycles. The molecule has 0 radical (unpaired) electrons. The van der Waals surface area contributed by atoms with Gasteiger partial charge in [-0.15, -0.1) is 0 Å². The molecule has 2 amide bonds. The lowest BCUT2D eigenvalue weighted by atomic mass is 9.80. The third kappa shape index (κ3) is 4.96. The van der Waals surface area contributed by atoms with Crippen molar-refractivity contribution in [2.45, 2.75) is 50.7 Å². The standard InChI is InChI=1S/C22H33ClN6O2/c1-3-15-22(31)27-18-12-14(4-5-16(18)25-15)13-28-8-10-29(11-9-28)19-7-6-17(21(30)24-2)26-20(19)23/h6-7,14-16,18,25H,3-5,8-13H2,1-2H3,(H,24,30)(H,27,31). The molecular formula is C22H33ClN6O2. The van der Waals surface area contributed by atoms with Crippen LogP contribution in [0, 0.1) is 5.92 Å². The van der Waals surface area contributed by atoms with Crippen molar-refractivity contribution < 1.29 is 9.59 Å². The molecule has 4 rings (SSSR count). The van der Waals surface area contributed by atoms with E-state index in [0.717, 1.165) is 57.7 Å². The maximum Gasteiger partial charge on any atom is 0.269 e. The maximum atomic E-state index is 12.2. The van der Waals surface area contributed by atoms with Crippen LogP contribution in [0.4, 0.5) is 5.69 Å². The van der Waals surface area contributed by atoms with Gasteiger partial charge in [0, 0.05) is 51.9 Å². The van der Waals surface area contributed by atoms with Crippen molar-refractivity contribution in [2.24, 2.45) is 5.92 Å². The van der Waals surface area contributed by atoms with Gasteiger partial charge >= 0.3 is 0 Å². The van der Waals surface area contributed by atoms with E-state index in [1.165, 1.54) is 6.42 Å². The molecule has 31 heavy (non-hydrogen) atoms. The number of nitrogens with one attached hydrogen (secondary N) is 3. The summed E-state index contributed by atoms with van der Waals surface area (Å²) in [5.74, 6) is 0.540. The van der Waals surface area contributed by atoms with Crippen LogP contribution in [0.2, 0.25) is 5.15 Å². The van der Waals surface area contributed by atoms with E-state index in [4.69, 9.17) is 11.6 Å². The van der Waals surface area contributed by atoms with Gasteiger partial charge in [0.1, 0.15) is 5.69 Å². The Balaban J connectivity index is 1.27. The van der Waals surface area contributed by atoms with Crippen LogP contribution in [0.3, 0.4) is 0 Å². The molecule has 3 aliphatic rings. The van der Waals surface area contributed by atoms with Crippen molar-refractivity contribution >= 4 is 29.1 Å². The Labute approximate surface area is 189 Å². The number of nitrogens with zero attached hydrogens (tertiary/aromatic N) is 3. The molecule has 3 fully saturated rings. The average Bonchev–Trinajstić information content (AvgIpc) is 2.78. The number of aromatic nitrogens is 1. The zero-order chi connectivity index (χ0) is 22.0. The lowest BCUT2D eigenvalue weighted by Gasteiger charge is -2.44. The van der Waals surface area contributed by atoms with Crippen LogP contribution >= 0.6 is 11.6 Å². The molecule has 9 heteroatoms. The first-order chi connectivity index (χ1) is 15.0. The summed E-state index contributed by atoms with van der Waals surface area (Å²) in [6.07, 6.45) is 4.23. The van der Waals surface area contributed by atoms with Crippen LogP contribution in [0.15, 0.2) is 12.1 Å². The van der Waals surface area contributed by atoms with E-state index in [0.29, 0.717) is 22.8 Å². The Morgan fingerprint density at radius 2 is 2.00 bits per heavy atom. The van der Waals surface area contributed by atoms with Crippen LogP contribution < -0.4 is 20.9 Å². The predicted molar refractivity (Wildman–Crippen MR) is 122 cm³/mol. The number of carbonyl (C=O) groups is 2. The van der Waals surface area contributed by atoms with Crippen molar-refractivity contribution in [3.05, 3.63) is 23.0 Å². The average molecular weight is 449 g/mol. The molecule has 0 spiro atoms. The van der Waals surface area contributed by atoms with Crippen LogP contribution in [-0.2, 0) is 4.79 Å². The number of hydrogen-bond donors (Lipinski definition) is 3. The summed E-state index contributed by atoms with van der Waals surface area (Å²) in [5.41, 5.74) is 1.22. The van der Waals surface area contributed by atoms with Gasteiger partial charge in [0.2, 0.25) is 5.91 Å². The summed E-state index contributed by atoms with van der Waals surface area (Å²) in [4.78, 5) is 33.0. The summed E-state index contributed by atoms with van der Waals surface area (Å²) >= 11 is 6.37. The fraction of sp³-hybridized carbons (Fsp3) is 0.682. The summed E-state index contributed by atoms with van der Waals surface area (Å²) in [7, 11) is 1.58. The highest BCUT2D eigenvalue weighted by molar-refractivity contribution is 6.32. The first kappa shape index (κ1) is 22.3. The topological polar surface area (TPSA) is 89.6 Å². The molecule has 8 nitrogen and oxygen atoms in total.